The second-order valence-electron chi connectivity index (χ2n) is 5.84. The van der Waals surface area contributed by atoms with E-state index in [2.05, 4.69) is 17.4 Å². The molecule has 0 spiro atoms. The van der Waals surface area contributed by atoms with Crippen molar-refractivity contribution in [3.8, 4) is 0 Å². The van der Waals surface area contributed by atoms with Crippen LogP contribution in [-0.4, -0.2) is 17.5 Å². The van der Waals surface area contributed by atoms with Gasteiger partial charge in [0.05, 0.1) is 0 Å². The molecule has 23 heavy (non-hydrogen) atoms. The molecule has 1 aliphatic heterocycles. The van der Waals surface area contributed by atoms with E-state index in [1.54, 1.807) is 12.1 Å². The van der Waals surface area contributed by atoms with Gasteiger partial charge in [-0.2, -0.15) is 0 Å². The molecule has 0 amide bonds. The quantitative estimate of drug-likeness (QED) is 0.729. The number of benzene rings is 2. The Labute approximate surface area is 143 Å². The number of hydrogen-bond acceptors (Lipinski definition) is 3. The second-order valence-corrected chi connectivity index (χ2v) is 6.69. The van der Waals surface area contributed by atoms with E-state index >= 15 is 0 Å². The Morgan fingerprint density at radius 1 is 1.26 bits per heavy atom. The number of halogens is 2. The summed E-state index contributed by atoms with van der Waals surface area (Å²) in [7, 11) is 0. The van der Waals surface area contributed by atoms with Gasteiger partial charge in [-0.05, 0) is 29.7 Å². The Balaban J connectivity index is 1.89. The number of carboxylic acid groups (broad SMARTS) is 1. The highest BCUT2D eigenvalue weighted by Gasteiger charge is 2.45. The highest BCUT2D eigenvalue weighted by molar-refractivity contribution is 6.35. The third-order valence-electron chi connectivity index (χ3n) is 4.59. The average Bonchev–Trinajstić information content (AvgIpc) is 2.86. The number of fused-ring (bicyclic) bond motifs is 5. The van der Waals surface area contributed by atoms with E-state index in [0.29, 0.717) is 10.0 Å². The van der Waals surface area contributed by atoms with Crippen LogP contribution in [0.4, 0.5) is 10.5 Å². The average molecular weight is 350 g/mol. The van der Waals surface area contributed by atoms with Crippen LogP contribution in [0.1, 0.15) is 22.6 Å². The lowest BCUT2D eigenvalue weighted by molar-refractivity contribution is 0.0341. The van der Waals surface area contributed by atoms with Crippen LogP contribution in [0.15, 0.2) is 36.4 Å². The summed E-state index contributed by atoms with van der Waals surface area (Å²) >= 11 is 12.5. The van der Waals surface area contributed by atoms with Crippen molar-refractivity contribution in [3.63, 3.8) is 0 Å². The number of rotatable bonds is 1. The van der Waals surface area contributed by atoms with Crippen LogP contribution in [0.25, 0.3) is 0 Å². The summed E-state index contributed by atoms with van der Waals surface area (Å²) in [4.78, 5) is 11.1. The van der Waals surface area contributed by atoms with Gasteiger partial charge in [-0.3, -0.25) is 0 Å². The summed E-state index contributed by atoms with van der Waals surface area (Å²) in [6, 6.07) is 11.6. The Bertz CT molecular complexity index is 808. The lowest BCUT2D eigenvalue weighted by atomic mass is 9.81. The maximum absolute atomic E-state index is 11.1. The molecule has 0 saturated heterocycles. The van der Waals surface area contributed by atoms with E-state index < -0.39 is 12.4 Å². The van der Waals surface area contributed by atoms with Crippen molar-refractivity contribution in [3.05, 3.63) is 63.1 Å². The van der Waals surface area contributed by atoms with Gasteiger partial charge in [0, 0.05) is 33.1 Å². The molecular formula is C17H13Cl2NO3. The van der Waals surface area contributed by atoms with Gasteiger partial charge in [-0.15, -0.1) is 0 Å². The molecule has 1 aliphatic carbocycles. The van der Waals surface area contributed by atoms with Crippen LogP contribution in [0.3, 0.4) is 0 Å². The van der Waals surface area contributed by atoms with Crippen molar-refractivity contribution in [2.45, 2.75) is 18.6 Å². The summed E-state index contributed by atoms with van der Waals surface area (Å²) in [5, 5.41) is 13.3. The minimum absolute atomic E-state index is 0.00318. The molecule has 0 aromatic heterocycles. The number of nitrogens with one attached hydrogen (secondary N) is 1. The molecule has 118 valence electrons. The first kappa shape index (κ1) is 14.7. The van der Waals surface area contributed by atoms with Crippen LogP contribution in [-0.2, 0) is 11.2 Å². The highest BCUT2D eigenvalue weighted by atomic mass is 35.5. The number of carbonyl (C=O) groups is 1. The molecule has 3 atom stereocenters. The zero-order valence-electron chi connectivity index (χ0n) is 11.9. The van der Waals surface area contributed by atoms with Crippen molar-refractivity contribution in [2.24, 2.45) is 5.92 Å². The van der Waals surface area contributed by atoms with E-state index in [-0.39, 0.29) is 11.8 Å². The Hall–Kier alpha value is -1.91. The molecule has 4 nitrogen and oxygen atoms in total. The van der Waals surface area contributed by atoms with E-state index in [1.165, 1.54) is 11.1 Å². The second kappa shape index (κ2) is 5.32. The fraction of sp³-hybridized carbons (Fsp3) is 0.235. The van der Waals surface area contributed by atoms with Crippen molar-refractivity contribution in [2.75, 3.05) is 5.32 Å². The summed E-state index contributed by atoms with van der Waals surface area (Å²) in [5.41, 5.74) is 4.05. The van der Waals surface area contributed by atoms with Crippen LogP contribution >= 0.6 is 23.2 Å². The van der Waals surface area contributed by atoms with Gasteiger partial charge in [0.15, 0.2) is 6.23 Å². The van der Waals surface area contributed by atoms with Crippen molar-refractivity contribution >= 4 is 35.0 Å². The zero-order valence-corrected chi connectivity index (χ0v) is 13.4. The first-order chi connectivity index (χ1) is 11.0. The molecule has 2 N–H and O–H groups in total. The minimum Gasteiger partial charge on any atom is -0.450 e. The van der Waals surface area contributed by atoms with Crippen LogP contribution < -0.4 is 5.32 Å². The largest absolute Gasteiger partial charge is 0.507 e. The molecule has 2 aromatic rings. The zero-order chi connectivity index (χ0) is 16.1. The molecule has 0 radical (unpaired) electrons. The summed E-state index contributed by atoms with van der Waals surface area (Å²) in [6.07, 6.45) is -1.19. The predicted octanol–water partition coefficient (Wildman–Crippen LogP) is 4.74. The van der Waals surface area contributed by atoms with Gasteiger partial charge >= 0.3 is 6.16 Å². The molecule has 1 heterocycles. The lowest BCUT2D eigenvalue weighted by Crippen LogP contribution is -2.40. The monoisotopic (exact) mass is 349 g/mol. The van der Waals surface area contributed by atoms with E-state index in [1.807, 2.05) is 12.1 Å². The molecule has 0 saturated carbocycles. The van der Waals surface area contributed by atoms with Gasteiger partial charge < -0.3 is 15.2 Å². The summed E-state index contributed by atoms with van der Waals surface area (Å²) in [6.45, 7) is 0. The molecular weight excluding hydrogens is 337 g/mol. The van der Waals surface area contributed by atoms with Crippen LogP contribution in [0, 0.1) is 5.92 Å². The molecule has 3 unspecified atom stereocenters. The number of ether oxygens (including phenoxy) is 1. The van der Waals surface area contributed by atoms with Gasteiger partial charge in [0.2, 0.25) is 0 Å². The normalized spacial score (nSPS) is 24.2. The molecule has 0 fully saturated rings. The standard InChI is InChI=1S/C17H13Cl2NO3/c18-9-6-12(19)15-13(7-9)20-16(23-17(21)22)11-5-8-3-1-2-4-10(8)14(11)15/h1-4,6-7,11,14,16,20H,5H2,(H,21,22). The Morgan fingerprint density at radius 2 is 2.04 bits per heavy atom. The fourth-order valence-corrected chi connectivity index (χ4v) is 4.39. The first-order valence-electron chi connectivity index (χ1n) is 7.27. The molecule has 2 aliphatic rings. The van der Waals surface area contributed by atoms with Crippen molar-refractivity contribution in [1.29, 1.82) is 0 Å². The number of anilines is 1. The highest BCUT2D eigenvalue weighted by Crippen LogP contribution is 2.52. The Morgan fingerprint density at radius 3 is 2.83 bits per heavy atom. The lowest BCUT2D eigenvalue weighted by Gasteiger charge is -2.36. The third-order valence-corrected chi connectivity index (χ3v) is 5.12. The van der Waals surface area contributed by atoms with E-state index in [9.17, 15) is 4.79 Å². The van der Waals surface area contributed by atoms with E-state index in [0.717, 1.165) is 17.7 Å². The first-order valence-corrected chi connectivity index (χ1v) is 8.03. The van der Waals surface area contributed by atoms with Crippen molar-refractivity contribution in [1.82, 2.24) is 0 Å². The van der Waals surface area contributed by atoms with Gasteiger partial charge in [0.25, 0.3) is 0 Å². The number of hydrogen-bond donors (Lipinski definition) is 2. The summed E-state index contributed by atoms with van der Waals surface area (Å²) < 4.78 is 5.09. The SMILES string of the molecule is O=C(O)OC1Nc2cc(Cl)cc(Cl)c2C2c3ccccc3CC12. The fourth-order valence-electron chi connectivity index (χ4n) is 3.78. The van der Waals surface area contributed by atoms with Crippen LogP contribution in [0.5, 0.6) is 0 Å². The maximum Gasteiger partial charge on any atom is 0.507 e. The van der Waals surface area contributed by atoms with E-state index in [4.69, 9.17) is 33.0 Å². The minimum atomic E-state index is -1.30. The van der Waals surface area contributed by atoms with Gasteiger partial charge in [-0.1, -0.05) is 47.5 Å². The van der Waals surface area contributed by atoms with Crippen LogP contribution in [0.2, 0.25) is 10.0 Å². The third kappa shape index (κ3) is 2.33. The Kier molecular flexibility index (Phi) is 3.39. The van der Waals surface area contributed by atoms with Gasteiger partial charge in [0.1, 0.15) is 0 Å². The summed E-state index contributed by atoms with van der Waals surface area (Å²) in [5.74, 6) is -0.0359. The topological polar surface area (TPSA) is 58.6 Å². The van der Waals surface area contributed by atoms with Gasteiger partial charge in [-0.25, -0.2) is 4.79 Å². The predicted molar refractivity (Wildman–Crippen MR) is 88.5 cm³/mol. The molecule has 4 rings (SSSR count). The maximum atomic E-state index is 11.1. The molecule has 0 bridgehead atoms. The molecule has 6 heteroatoms. The smallest absolute Gasteiger partial charge is 0.450 e. The molecule has 2 aromatic carbocycles. The van der Waals surface area contributed by atoms with Crippen molar-refractivity contribution < 1.29 is 14.6 Å².